The SMILES string of the molecule is OB(O)O.[Ag+].[c-]1ccccc1. The molecule has 0 fully saturated rings. The van der Waals surface area contributed by atoms with Crippen LogP contribution in [-0.4, -0.2) is 22.4 Å². The quantitative estimate of drug-likeness (QED) is 0.425. The Balaban J connectivity index is 0. The van der Waals surface area contributed by atoms with Gasteiger partial charge in [-0.25, -0.2) is 0 Å². The molecule has 0 saturated heterocycles. The molecule has 0 amide bonds. The third-order valence-electron chi connectivity index (χ3n) is 0.607. The first kappa shape index (κ1) is 13.5. The summed E-state index contributed by atoms with van der Waals surface area (Å²) in [5, 5.41) is 21.5. The van der Waals surface area contributed by atoms with Gasteiger partial charge in [0.2, 0.25) is 0 Å². The van der Waals surface area contributed by atoms with Gasteiger partial charge in [0.05, 0.1) is 0 Å². The van der Waals surface area contributed by atoms with E-state index in [1.165, 1.54) is 0 Å². The monoisotopic (exact) mass is 246 g/mol. The molecule has 0 bridgehead atoms. The van der Waals surface area contributed by atoms with Gasteiger partial charge in [0.15, 0.2) is 0 Å². The van der Waals surface area contributed by atoms with Crippen molar-refractivity contribution in [3.05, 3.63) is 36.4 Å². The Morgan fingerprint density at radius 2 is 1.27 bits per heavy atom. The molecule has 0 aromatic heterocycles. The first-order valence-electron chi connectivity index (χ1n) is 2.69. The summed E-state index contributed by atoms with van der Waals surface area (Å²) in [6.45, 7) is 0. The maximum absolute atomic E-state index is 7.17. The summed E-state index contributed by atoms with van der Waals surface area (Å²) in [4.78, 5) is 0. The van der Waals surface area contributed by atoms with Crippen molar-refractivity contribution in [3.63, 3.8) is 0 Å². The van der Waals surface area contributed by atoms with Crippen LogP contribution in [0.4, 0.5) is 0 Å². The smallest absolute Gasteiger partial charge is 0.402 e. The number of rotatable bonds is 0. The summed E-state index contributed by atoms with van der Waals surface area (Å²) in [5.41, 5.74) is 0. The van der Waals surface area contributed by atoms with Gasteiger partial charge in [-0.3, -0.25) is 0 Å². The number of hydrogen-bond donors (Lipinski definition) is 3. The van der Waals surface area contributed by atoms with Crippen molar-refractivity contribution < 1.29 is 37.5 Å². The topological polar surface area (TPSA) is 60.7 Å². The van der Waals surface area contributed by atoms with Crippen molar-refractivity contribution >= 4 is 7.32 Å². The molecule has 0 aliphatic heterocycles. The fraction of sp³-hybridized carbons (Fsp3) is 0. The predicted octanol–water partition coefficient (Wildman–Crippen LogP) is -0.568. The van der Waals surface area contributed by atoms with Crippen LogP contribution in [0.15, 0.2) is 30.3 Å². The Hall–Kier alpha value is -0.0948. The van der Waals surface area contributed by atoms with Crippen LogP contribution in [0.2, 0.25) is 0 Å². The van der Waals surface area contributed by atoms with Gasteiger partial charge < -0.3 is 15.1 Å². The van der Waals surface area contributed by atoms with Crippen molar-refractivity contribution in [1.82, 2.24) is 0 Å². The molecule has 0 radical (unpaired) electrons. The Labute approximate surface area is 81.4 Å². The van der Waals surface area contributed by atoms with E-state index in [1.807, 2.05) is 30.3 Å². The summed E-state index contributed by atoms with van der Waals surface area (Å²) in [7, 11) is -2.17. The van der Waals surface area contributed by atoms with E-state index in [9.17, 15) is 0 Å². The second-order valence-corrected chi connectivity index (χ2v) is 1.42. The third kappa shape index (κ3) is 17.8. The first-order valence-corrected chi connectivity index (χ1v) is 2.69. The molecule has 1 aromatic carbocycles. The minimum atomic E-state index is -2.17. The van der Waals surface area contributed by atoms with Crippen molar-refractivity contribution in [2.45, 2.75) is 0 Å². The van der Waals surface area contributed by atoms with Crippen LogP contribution in [0.1, 0.15) is 0 Å². The zero-order chi connectivity index (χ0) is 7.82. The second kappa shape index (κ2) is 9.91. The van der Waals surface area contributed by atoms with E-state index in [0.29, 0.717) is 0 Å². The summed E-state index contributed by atoms with van der Waals surface area (Å²) < 4.78 is 0. The van der Waals surface area contributed by atoms with Crippen LogP contribution in [0.25, 0.3) is 0 Å². The van der Waals surface area contributed by atoms with E-state index in [0.717, 1.165) is 0 Å². The van der Waals surface area contributed by atoms with Crippen molar-refractivity contribution in [1.29, 1.82) is 0 Å². The Bertz CT molecular complexity index is 118. The molecule has 0 heterocycles. The molecular weight excluding hydrogens is 239 g/mol. The summed E-state index contributed by atoms with van der Waals surface area (Å²) in [5.74, 6) is 0. The molecule has 0 aliphatic rings. The van der Waals surface area contributed by atoms with E-state index in [1.54, 1.807) is 0 Å². The Morgan fingerprint density at radius 1 is 0.909 bits per heavy atom. The van der Waals surface area contributed by atoms with Gasteiger partial charge in [0.1, 0.15) is 0 Å². The van der Waals surface area contributed by atoms with Crippen molar-refractivity contribution in [2.24, 2.45) is 0 Å². The van der Waals surface area contributed by atoms with E-state index >= 15 is 0 Å². The van der Waals surface area contributed by atoms with Crippen LogP contribution in [0.3, 0.4) is 0 Å². The van der Waals surface area contributed by atoms with Crippen molar-refractivity contribution in [3.8, 4) is 0 Å². The van der Waals surface area contributed by atoms with Crippen LogP contribution < -0.4 is 0 Å². The molecule has 3 nitrogen and oxygen atoms in total. The maximum Gasteiger partial charge on any atom is 1.00 e. The average molecular weight is 247 g/mol. The zero-order valence-electron chi connectivity index (χ0n) is 5.61. The van der Waals surface area contributed by atoms with Gasteiger partial charge in [-0.2, -0.15) is 36.4 Å². The van der Waals surface area contributed by atoms with Gasteiger partial charge in [-0.05, 0) is 0 Å². The molecule has 0 spiro atoms. The van der Waals surface area contributed by atoms with Gasteiger partial charge >= 0.3 is 29.7 Å². The van der Waals surface area contributed by atoms with Crippen LogP contribution in [-0.2, 0) is 22.4 Å². The molecular formula is C6H8AgBO3. The summed E-state index contributed by atoms with van der Waals surface area (Å²) >= 11 is 0. The minimum Gasteiger partial charge on any atom is -0.402 e. The molecule has 3 N–H and O–H groups in total. The fourth-order valence-corrected chi connectivity index (χ4v) is 0.342. The second-order valence-electron chi connectivity index (χ2n) is 1.42. The predicted molar refractivity (Wildman–Crippen MR) is 37.7 cm³/mol. The Morgan fingerprint density at radius 3 is 1.36 bits per heavy atom. The van der Waals surface area contributed by atoms with Gasteiger partial charge in [-0.1, -0.05) is 0 Å². The molecule has 1 rings (SSSR count). The van der Waals surface area contributed by atoms with E-state index < -0.39 is 7.32 Å². The van der Waals surface area contributed by atoms with Crippen molar-refractivity contribution in [2.75, 3.05) is 0 Å². The van der Waals surface area contributed by atoms with E-state index in [4.69, 9.17) is 15.1 Å². The maximum atomic E-state index is 7.17. The summed E-state index contributed by atoms with van der Waals surface area (Å²) in [6.07, 6.45) is 0. The number of hydrogen-bond acceptors (Lipinski definition) is 3. The standard InChI is InChI=1S/C6H5.Ag.BH3O3/c1-2-4-6-5-3-1;;2-1(3)4/h1-5H;;2-4H/q-1;+1;. The fourth-order valence-electron chi connectivity index (χ4n) is 0.342. The molecule has 64 valence electrons. The van der Waals surface area contributed by atoms with Crippen LogP contribution in [0.5, 0.6) is 0 Å². The first-order chi connectivity index (χ1) is 4.73. The normalized spacial score (nSPS) is 6.82. The average Bonchev–Trinajstić information content (AvgIpc) is 1.90. The molecule has 0 unspecified atom stereocenters. The third-order valence-corrected chi connectivity index (χ3v) is 0.607. The molecule has 1 aromatic rings. The zero-order valence-corrected chi connectivity index (χ0v) is 7.09. The van der Waals surface area contributed by atoms with E-state index in [-0.39, 0.29) is 22.4 Å². The van der Waals surface area contributed by atoms with E-state index in [2.05, 4.69) is 6.07 Å². The van der Waals surface area contributed by atoms with Crippen LogP contribution >= 0.6 is 0 Å². The Kier molecular flexibility index (Phi) is 12.1. The molecule has 11 heavy (non-hydrogen) atoms. The number of benzene rings is 1. The molecule has 5 heteroatoms. The molecule has 0 atom stereocenters. The largest absolute Gasteiger partial charge is 1.00 e. The van der Waals surface area contributed by atoms with Gasteiger partial charge in [0, 0.05) is 0 Å². The van der Waals surface area contributed by atoms with Crippen LogP contribution in [0, 0.1) is 6.07 Å². The molecule has 0 saturated carbocycles. The minimum absolute atomic E-state index is 0. The molecule has 0 aliphatic carbocycles. The van der Waals surface area contributed by atoms with Gasteiger partial charge in [0.25, 0.3) is 0 Å². The summed E-state index contributed by atoms with van der Waals surface area (Å²) in [6, 6.07) is 12.5. The van der Waals surface area contributed by atoms with Gasteiger partial charge in [-0.15, -0.1) is 0 Å².